The van der Waals surface area contributed by atoms with Crippen LogP contribution in [0.25, 0.3) is 0 Å². The molecule has 0 aliphatic carbocycles. The molecule has 0 saturated carbocycles. The van der Waals surface area contributed by atoms with Crippen LogP contribution in [0.4, 0.5) is 0 Å². The lowest BCUT2D eigenvalue weighted by Crippen LogP contribution is -2.41. The molecule has 2 fully saturated rings. The fourth-order valence-corrected chi connectivity index (χ4v) is 19.4. The smallest absolute Gasteiger partial charge is 0.334 e. The topological polar surface area (TPSA) is 56.0 Å². The van der Waals surface area contributed by atoms with Gasteiger partial charge in [0.05, 0.1) is 0 Å². The van der Waals surface area contributed by atoms with Gasteiger partial charge in [0.2, 0.25) is 7.51 Å². The summed E-state index contributed by atoms with van der Waals surface area (Å²) in [6, 6.07) is 8.19. The zero-order chi connectivity index (χ0) is 21.9. The van der Waals surface area contributed by atoms with E-state index in [4.69, 9.17) is 40.6 Å². The van der Waals surface area contributed by atoms with Crippen LogP contribution in [-0.2, 0) is 6.54 Å². The van der Waals surface area contributed by atoms with E-state index in [9.17, 15) is 0 Å². The molecule has 0 radical (unpaired) electrons. The molecule has 4 aliphatic rings. The Morgan fingerprint density at radius 3 is 2.03 bits per heavy atom. The second-order valence-corrected chi connectivity index (χ2v) is 19.8. The Morgan fingerprint density at radius 2 is 1.45 bits per heavy atom. The molecule has 2 saturated heterocycles. The van der Waals surface area contributed by atoms with Gasteiger partial charge in [0.15, 0.2) is 0 Å². The van der Waals surface area contributed by atoms with E-state index in [0.29, 0.717) is 6.54 Å². The van der Waals surface area contributed by atoms with Gasteiger partial charge in [0.25, 0.3) is 5.91 Å². The third-order valence-corrected chi connectivity index (χ3v) is 18.3. The second kappa shape index (κ2) is 8.14. The monoisotopic (exact) mass is 522 g/mol. The van der Waals surface area contributed by atoms with Crippen molar-refractivity contribution in [1.29, 1.82) is 0 Å². The van der Waals surface area contributed by atoms with Crippen LogP contribution >= 0.6 is 43.5 Å². The van der Waals surface area contributed by atoms with Crippen LogP contribution in [0.2, 0.25) is 0 Å². The standard InChI is InChI=1S/C19H31Cl2N6OP3/c1-19(2,3)27-16-17-10-4-5-11-18(17)28-31(27)23-29(20,21)22-30(24-31,25-12-6-7-13-25)26-14-8-9-15-26/h4-5,10-11H,6-9,12-16H2,1-3H3. The molecule has 4 aliphatic heterocycles. The molecule has 172 valence electrons. The van der Waals surface area contributed by atoms with Crippen molar-refractivity contribution in [3.63, 3.8) is 0 Å². The number of fused-ring (bicyclic) bond motifs is 1. The number of benzene rings is 1. The minimum atomic E-state index is -2.97. The van der Waals surface area contributed by atoms with E-state index in [1.54, 1.807) is 0 Å². The number of hydrogen-bond donors (Lipinski definition) is 0. The van der Waals surface area contributed by atoms with Crippen molar-refractivity contribution in [2.45, 2.75) is 58.5 Å². The van der Waals surface area contributed by atoms with Gasteiger partial charge >= 0.3 is 7.58 Å². The molecular formula is C19H31Cl2N6OP3. The van der Waals surface area contributed by atoms with E-state index in [0.717, 1.165) is 63.2 Å². The lowest BCUT2D eigenvalue weighted by Gasteiger charge is -2.48. The van der Waals surface area contributed by atoms with Crippen LogP contribution in [-0.4, -0.2) is 45.7 Å². The van der Waals surface area contributed by atoms with E-state index in [-0.39, 0.29) is 5.54 Å². The number of hydrogen-bond acceptors (Lipinski definition) is 7. The Bertz CT molecular complexity index is 1020. The van der Waals surface area contributed by atoms with Crippen molar-refractivity contribution in [3.8, 4) is 5.75 Å². The Hall–Kier alpha value is 0.170. The highest BCUT2D eigenvalue weighted by Gasteiger charge is 2.51. The van der Waals surface area contributed by atoms with Crippen molar-refractivity contribution in [3.05, 3.63) is 29.8 Å². The van der Waals surface area contributed by atoms with Crippen molar-refractivity contribution < 1.29 is 4.52 Å². The fourth-order valence-electron chi connectivity index (χ4n) is 4.76. The van der Waals surface area contributed by atoms with Crippen molar-refractivity contribution >= 4 is 43.5 Å². The van der Waals surface area contributed by atoms with Gasteiger partial charge in [0.1, 0.15) is 5.75 Å². The summed E-state index contributed by atoms with van der Waals surface area (Å²) in [6.07, 6.45) is 4.63. The molecule has 1 atom stereocenters. The minimum absolute atomic E-state index is 0.217. The molecule has 1 unspecified atom stereocenters. The van der Waals surface area contributed by atoms with Gasteiger partial charge in [-0.1, -0.05) is 18.2 Å². The molecule has 7 nitrogen and oxygen atoms in total. The molecule has 0 N–H and O–H groups in total. The Kier molecular flexibility index (Phi) is 6.02. The Balaban J connectivity index is 1.79. The highest BCUT2D eigenvalue weighted by molar-refractivity contribution is 8.13. The number of nitrogens with zero attached hydrogens (tertiary/aromatic N) is 6. The molecule has 12 heteroatoms. The summed E-state index contributed by atoms with van der Waals surface area (Å²) in [5, 5.41) is 0. The maximum absolute atomic E-state index is 6.96. The van der Waals surface area contributed by atoms with Crippen molar-refractivity contribution in [2.75, 3.05) is 26.2 Å². The largest absolute Gasteiger partial charge is 0.430 e. The lowest BCUT2D eigenvalue weighted by atomic mass is 10.1. The zero-order valence-corrected chi connectivity index (χ0v) is 22.6. The van der Waals surface area contributed by atoms with Gasteiger partial charge in [-0.3, -0.25) is 0 Å². The van der Waals surface area contributed by atoms with E-state index >= 15 is 0 Å². The van der Waals surface area contributed by atoms with Crippen molar-refractivity contribution in [2.24, 2.45) is 13.5 Å². The summed E-state index contributed by atoms with van der Waals surface area (Å²) in [6.45, 7) is 11.2. The second-order valence-electron chi connectivity index (χ2n) is 9.52. The van der Waals surface area contributed by atoms with Crippen molar-refractivity contribution in [1.82, 2.24) is 14.0 Å². The van der Waals surface area contributed by atoms with E-state index in [1.165, 1.54) is 0 Å². The predicted octanol–water partition coefficient (Wildman–Crippen LogP) is 8.20. The first kappa shape index (κ1) is 22.9. The summed E-state index contributed by atoms with van der Waals surface area (Å²) in [4.78, 5) is 0. The zero-order valence-electron chi connectivity index (χ0n) is 18.4. The van der Waals surface area contributed by atoms with Gasteiger partial charge in [0, 0.05) is 43.8 Å². The normalized spacial score (nSPS) is 30.9. The third kappa shape index (κ3) is 4.13. The number of para-hydroxylation sites is 1. The average molecular weight is 523 g/mol. The first-order valence-electron chi connectivity index (χ1n) is 11.0. The molecule has 1 aromatic carbocycles. The molecule has 0 bridgehead atoms. The van der Waals surface area contributed by atoms with E-state index in [2.05, 4.69) is 46.9 Å². The Morgan fingerprint density at radius 1 is 0.871 bits per heavy atom. The molecule has 5 rings (SSSR count). The van der Waals surface area contributed by atoms with Gasteiger partial charge in [-0.25, -0.2) is 14.0 Å². The lowest BCUT2D eigenvalue weighted by molar-refractivity contribution is 0.222. The van der Waals surface area contributed by atoms with Crippen LogP contribution in [0.5, 0.6) is 5.75 Å². The summed E-state index contributed by atoms with van der Waals surface area (Å²) in [5.74, 6) is -2.12. The quantitative estimate of drug-likeness (QED) is 0.367. The van der Waals surface area contributed by atoms with Crippen LogP contribution in [0.3, 0.4) is 0 Å². The first-order valence-corrected chi connectivity index (χ1v) is 17.7. The van der Waals surface area contributed by atoms with E-state index in [1.807, 2.05) is 12.1 Å². The number of halogens is 2. The van der Waals surface area contributed by atoms with Gasteiger partial charge in [-0.05, 0) is 75.0 Å². The molecule has 4 heterocycles. The molecular weight excluding hydrogens is 492 g/mol. The summed E-state index contributed by atoms with van der Waals surface area (Å²) >= 11 is 13.9. The molecule has 1 spiro atoms. The van der Waals surface area contributed by atoms with Crippen LogP contribution in [0.15, 0.2) is 37.8 Å². The highest BCUT2D eigenvalue weighted by Crippen LogP contribution is 2.85. The summed E-state index contributed by atoms with van der Waals surface area (Å²) in [7, 11) is -5.32. The van der Waals surface area contributed by atoms with Crippen LogP contribution in [0.1, 0.15) is 52.0 Å². The molecule has 0 amide bonds. The SMILES string of the molecule is CC(C)(C)N1Cc2ccccc2OP12=NP(Cl)(Cl)=NP(N1CCCC1)(N1CCCC1)=N2. The fraction of sp³-hybridized carbons (Fsp3) is 0.684. The van der Waals surface area contributed by atoms with Gasteiger partial charge in [-0.15, -0.1) is 0 Å². The number of rotatable bonds is 2. The molecule has 1 aromatic rings. The van der Waals surface area contributed by atoms with Crippen LogP contribution < -0.4 is 4.52 Å². The molecule has 0 aromatic heterocycles. The molecule has 31 heavy (non-hydrogen) atoms. The van der Waals surface area contributed by atoms with Crippen LogP contribution in [0, 0.1) is 0 Å². The minimum Gasteiger partial charge on any atom is -0.430 e. The average Bonchev–Trinajstić information content (AvgIpc) is 3.39. The maximum atomic E-state index is 6.96. The first-order chi connectivity index (χ1) is 14.6. The van der Waals surface area contributed by atoms with E-state index < -0.39 is 21.0 Å². The van der Waals surface area contributed by atoms with Gasteiger partial charge in [-0.2, -0.15) is 13.5 Å². The third-order valence-electron chi connectivity index (χ3n) is 6.21. The summed E-state index contributed by atoms with van der Waals surface area (Å²) < 4.78 is 29.8. The Labute approximate surface area is 195 Å². The predicted molar refractivity (Wildman–Crippen MR) is 134 cm³/mol. The maximum Gasteiger partial charge on any atom is 0.334 e. The van der Waals surface area contributed by atoms with Gasteiger partial charge < -0.3 is 4.52 Å². The highest BCUT2D eigenvalue weighted by atomic mass is 35.9. The summed E-state index contributed by atoms with van der Waals surface area (Å²) in [5.41, 5.74) is 0.931.